The maximum absolute atomic E-state index is 10.5. The van der Waals surface area contributed by atoms with E-state index in [2.05, 4.69) is 34.1 Å². The van der Waals surface area contributed by atoms with Gasteiger partial charge in [-0.3, -0.25) is 0 Å². The van der Waals surface area contributed by atoms with E-state index in [0.29, 0.717) is 6.42 Å². The molecule has 1 nitrogen and oxygen atoms in total. The number of hydrogen-bond acceptors (Lipinski definition) is 1. The van der Waals surface area contributed by atoms with E-state index in [-0.39, 0.29) is 0 Å². The van der Waals surface area contributed by atoms with Crippen LogP contribution in [-0.4, -0.2) is 5.11 Å². The molecule has 0 heterocycles. The first kappa shape index (κ1) is 13.8. The topological polar surface area (TPSA) is 20.2 Å². The standard InChI is InChI=1S/C18H19BrO/c1-12-16(6-3-7-17(12)19)18(20)11-13-8-9-14-4-2-5-15(14)10-13/h3,6-10,18,20H,2,4-5,11H2,1H3. The smallest absolute Gasteiger partial charge is 0.0833 e. The molecule has 104 valence electrons. The Hall–Kier alpha value is -1.12. The molecule has 0 aliphatic heterocycles. The fraction of sp³-hybridized carbons (Fsp3) is 0.333. The third-order valence-corrected chi connectivity index (χ3v) is 5.12. The third-order valence-electron chi connectivity index (χ3n) is 4.26. The van der Waals surface area contributed by atoms with E-state index in [9.17, 15) is 5.11 Å². The first-order chi connectivity index (χ1) is 9.65. The lowest BCUT2D eigenvalue weighted by Crippen LogP contribution is -2.04. The second-order valence-corrected chi connectivity index (χ2v) is 6.48. The van der Waals surface area contributed by atoms with Crippen LogP contribution in [0.2, 0.25) is 0 Å². The minimum atomic E-state index is -0.438. The quantitative estimate of drug-likeness (QED) is 0.877. The van der Waals surface area contributed by atoms with Gasteiger partial charge in [0.2, 0.25) is 0 Å². The summed E-state index contributed by atoms with van der Waals surface area (Å²) in [6, 6.07) is 12.7. The first-order valence-electron chi connectivity index (χ1n) is 7.19. The molecular formula is C18H19BrO. The molecule has 1 aliphatic carbocycles. The van der Waals surface area contributed by atoms with Crippen molar-refractivity contribution < 1.29 is 5.11 Å². The monoisotopic (exact) mass is 330 g/mol. The van der Waals surface area contributed by atoms with Crippen LogP contribution in [-0.2, 0) is 19.3 Å². The van der Waals surface area contributed by atoms with Gasteiger partial charge >= 0.3 is 0 Å². The highest BCUT2D eigenvalue weighted by Crippen LogP contribution is 2.28. The van der Waals surface area contributed by atoms with Crippen LogP contribution < -0.4 is 0 Å². The van der Waals surface area contributed by atoms with Crippen LogP contribution in [0, 0.1) is 6.92 Å². The van der Waals surface area contributed by atoms with Crippen molar-refractivity contribution in [2.24, 2.45) is 0 Å². The Kier molecular flexibility index (Phi) is 3.95. The number of fused-ring (bicyclic) bond motifs is 1. The largest absolute Gasteiger partial charge is 0.388 e. The molecule has 1 unspecified atom stereocenters. The lowest BCUT2D eigenvalue weighted by molar-refractivity contribution is 0.177. The van der Waals surface area contributed by atoms with Gasteiger partial charge in [-0.1, -0.05) is 46.3 Å². The molecule has 1 N–H and O–H groups in total. The summed E-state index contributed by atoms with van der Waals surface area (Å²) in [7, 11) is 0. The zero-order valence-electron chi connectivity index (χ0n) is 11.7. The molecule has 1 aliphatic rings. The number of aryl methyl sites for hydroxylation is 2. The van der Waals surface area contributed by atoms with Crippen LogP contribution in [0.4, 0.5) is 0 Å². The molecule has 20 heavy (non-hydrogen) atoms. The molecule has 0 spiro atoms. The lowest BCUT2D eigenvalue weighted by atomic mass is 9.96. The predicted octanol–water partition coefficient (Wildman–Crippen LogP) is 4.52. The molecule has 0 saturated carbocycles. The maximum Gasteiger partial charge on any atom is 0.0833 e. The molecule has 2 aromatic rings. The van der Waals surface area contributed by atoms with E-state index in [1.165, 1.54) is 36.0 Å². The minimum absolute atomic E-state index is 0.438. The Labute approximate surface area is 128 Å². The summed E-state index contributed by atoms with van der Waals surface area (Å²) >= 11 is 3.53. The fourth-order valence-corrected chi connectivity index (χ4v) is 3.45. The number of benzene rings is 2. The van der Waals surface area contributed by atoms with E-state index in [1.807, 2.05) is 25.1 Å². The summed E-state index contributed by atoms with van der Waals surface area (Å²) in [5.74, 6) is 0. The normalized spacial score (nSPS) is 15.2. The van der Waals surface area contributed by atoms with Crippen LogP contribution in [0.3, 0.4) is 0 Å². The van der Waals surface area contributed by atoms with Crippen molar-refractivity contribution in [2.45, 2.75) is 38.7 Å². The Morgan fingerprint density at radius 1 is 1.15 bits per heavy atom. The number of aliphatic hydroxyl groups excluding tert-OH is 1. The van der Waals surface area contributed by atoms with Crippen molar-refractivity contribution in [1.82, 2.24) is 0 Å². The molecule has 0 amide bonds. The summed E-state index contributed by atoms with van der Waals surface area (Å²) in [6.45, 7) is 2.05. The number of rotatable bonds is 3. The molecule has 2 aromatic carbocycles. The van der Waals surface area contributed by atoms with E-state index in [0.717, 1.165) is 15.6 Å². The fourth-order valence-electron chi connectivity index (χ4n) is 3.07. The molecular weight excluding hydrogens is 312 g/mol. The summed E-state index contributed by atoms with van der Waals surface area (Å²) < 4.78 is 1.06. The van der Waals surface area contributed by atoms with Crippen molar-refractivity contribution >= 4 is 15.9 Å². The van der Waals surface area contributed by atoms with Gasteiger partial charge in [-0.25, -0.2) is 0 Å². The third kappa shape index (κ3) is 2.68. The molecule has 0 fully saturated rings. The molecule has 0 saturated heterocycles. The van der Waals surface area contributed by atoms with E-state index in [4.69, 9.17) is 0 Å². The van der Waals surface area contributed by atoms with E-state index >= 15 is 0 Å². The number of hydrogen-bond donors (Lipinski definition) is 1. The second-order valence-electron chi connectivity index (χ2n) is 5.63. The average Bonchev–Trinajstić information content (AvgIpc) is 2.89. The lowest BCUT2D eigenvalue weighted by Gasteiger charge is -2.15. The molecule has 3 rings (SSSR count). The van der Waals surface area contributed by atoms with Gasteiger partial charge in [0, 0.05) is 10.9 Å². The summed E-state index contributed by atoms with van der Waals surface area (Å²) in [4.78, 5) is 0. The Balaban J connectivity index is 1.82. The van der Waals surface area contributed by atoms with Gasteiger partial charge < -0.3 is 5.11 Å². The van der Waals surface area contributed by atoms with Crippen molar-refractivity contribution in [1.29, 1.82) is 0 Å². The minimum Gasteiger partial charge on any atom is -0.388 e. The molecule has 0 radical (unpaired) electrons. The van der Waals surface area contributed by atoms with Gasteiger partial charge in [0.25, 0.3) is 0 Å². The predicted molar refractivity (Wildman–Crippen MR) is 86.0 cm³/mol. The van der Waals surface area contributed by atoms with Crippen molar-refractivity contribution in [2.75, 3.05) is 0 Å². The van der Waals surface area contributed by atoms with Crippen LogP contribution in [0.25, 0.3) is 0 Å². The number of aliphatic hydroxyl groups is 1. The van der Waals surface area contributed by atoms with Crippen LogP contribution >= 0.6 is 15.9 Å². The highest BCUT2D eigenvalue weighted by Gasteiger charge is 2.15. The van der Waals surface area contributed by atoms with Gasteiger partial charge in [0.15, 0.2) is 0 Å². The highest BCUT2D eigenvalue weighted by atomic mass is 79.9. The van der Waals surface area contributed by atoms with Crippen molar-refractivity contribution in [3.63, 3.8) is 0 Å². The van der Waals surface area contributed by atoms with Crippen LogP contribution in [0.5, 0.6) is 0 Å². The maximum atomic E-state index is 10.5. The van der Waals surface area contributed by atoms with E-state index < -0.39 is 6.10 Å². The molecule has 1 atom stereocenters. The van der Waals surface area contributed by atoms with Gasteiger partial charge in [-0.15, -0.1) is 0 Å². The van der Waals surface area contributed by atoms with Gasteiger partial charge in [-0.05, 0) is 60.1 Å². The average molecular weight is 331 g/mol. The van der Waals surface area contributed by atoms with Crippen LogP contribution in [0.15, 0.2) is 40.9 Å². The van der Waals surface area contributed by atoms with Gasteiger partial charge in [-0.2, -0.15) is 0 Å². The van der Waals surface area contributed by atoms with Crippen molar-refractivity contribution in [3.05, 3.63) is 68.7 Å². The SMILES string of the molecule is Cc1c(Br)cccc1C(O)Cc1ccc2c(c1)CCC2. The Morgan fingerprint density at radius 2 is 1.95 bits per heavy atom. The van der Waals surface area contributed by atoms with Gasteiger partial charge in [0.1, 0.15) is 0 Å². The zero-order chi connectivity index (χ0) is 14.1. The second kappa shape index (κ2) is 5.71. The Morgan fingerprint density at radius 3 is 2.80 bits per heavy atom. The summed E-state index contributed by atoms with van der Waals surface area (Å²) in [5.41, 5.74) is 6.33. The zero-order valence-corrected chi connectivity index (χ0v) is 13.3. The first-order valence-corrected chi connectivity index (χ1v) is 7.98. The van der Waals surface area contributed by atoms with Crippen molar-refractivity contribution in [3.8, 4) is 0 Å². The summed E-state index contributed by atoms with van der Waals surface area (Å²) in [6.07, 6.45) is 3.92. The molecule has 0 bridgehead atoms. The van der Waals surface area contributed by atoms with E-state index in [1.54, 1.807) is 0 Å². The Bertz CT molecular complexity index is 633. The number of halogens is 1. The summed E-state index contributed by atoms with van der Waals surface area (Å²) in [5, 5.41) is 10.5. The van der Waals surface area contributed by atoms with Gasteiger partial charge in [0.05, 0.1) is 6.10 Å². The molecule has 0 aromatic heterocycles. The van der Waals surface area contributed by atoms with Crippen LogP contribution in [0.1, 0.15) is 40.3 Å². The highest BCUT2D eigenvalue weighted by molar-refractivity contribution is 9.10. The molecule has 2 heteroatoms.